The zero-order valence-corrected chi connectivity index (χ0v) is 13.2. The lowest BCUT2D eigenvalue weighted by atomic mass is 10.2. The summed E-state index contributed by atoms with van der Waals surface area (Å²) in [6.07, 6.45) is 2.77. The van der Waals surface area contributed by atoms with Gasteiger partial charge in [-0.2, -0.15) is 10.2 Å². The number of carbonyl (C=O) groups is 2. The van der Waals surface area contributed by atoms with Crippen LogP contribution in [0.4, 0.5) is 0 Å². The summed E-state index contributed by atoms with van der Waals surface area (Å²) in [5.74, 6) is -1.64. The number of carbonyl (C=O) groups excluding carboxylic acids is 1. The zero-order valence-electron chi connectivity index (χ0n) is 12.4. The average Bonchev–Trinajstić information content (AvgIpc) is 3.02. The summed E-state index contributed by atoms with van der Waals surface area (Å²) >= 11 is 6.07. The van der Waals surface area contributed by atoms with Crippen LogP contribution >= 0.6 is 11.6 Å². The van der Waals surface area contributed by atoms with E-state index in [1.807, 2.05) is 6.92 Å². The average molecular weight is 326 g/mol. The fraction of sp³-hybridized carbons (Fsp3) is 0.385. The molecule has 1 amide bonds. The SMILES string of the molecule is CCn1ncc(Cl)c1CN(C)C(=O)c1cnn(C)c1C(=O)O. The quantitative estimate of drug-likeness (QED) is 0.893. The standard InChI is InChI=1S/C13H16ClN5O3/c1-4-19-10(9(14)6-16-19)7-17(2)12(20)8-5-15-18(3)11(8)13(21)22/h5-6H,4,7H2,1-3H3,(H,21,22). The third kappa shape index (κ3) is 2.82. The van der Waals surface area contributed by atoms with Crippen molar-refractivity contribution in [1.82, 2.24) is 24.5 Å². The lowest BCUT2D eigenvalue weighted by Crippen LogP contribution is -2.29. The third-order valence-electron chi connectivity index (χ3n) is 3.30. The Morgan fingerprint density at radius 3 is 2.64 bits per heavy atom. The highest BCUT2D eigenvalue weighted by Gasteiger charge is 2.25. The van der Waals surface area contributed by atoms with Crippen LogP contribution in [0.3, 0.4) is 0 Å². The largest absolute Gasteiger partial charge is 0.477 e. The fourth-order valence-electron chi connectivity index (χ4n) is 2.17. The molecule has 0 atom stereocenters. The fourth-order valence-corrected chi connectivity index (χ4v) is 2.37. The highest BCUT2D eigenvalue weighted by atomic mass is 35.5. The molecule has 0 unspecified atom stereocenters. The Hall–Kier alpha value is -2.35. The van der Waals surface area contributed by atoms with Gasteiger partial charge in [-0.1, -0.05) is 11.6 Å². The highest BCUT2D eigenvalue weighted by molar-refractivity contribution is 6.31. The number of aromatic nitrogens is 4. The number of halogens is 1. The molecule has 0 spiro atoms. The van der Waals surface area contributed by atoms with Crippen LogP contribution in [0.2, 0.25) is 5.02 Å². The van der Waals surface area contributed by atoms with E-state index in [0.29, 0.717) is 17.3 Å². The highest BCUT2D eigenvalue weighted by Crippen LogP contribution is 2.18. The van der Waals surface area contributed by atoms with Gasteiger partial charge in [-0.15, -0.1) is 0 Å². The van der Waals surface area contributed by atoms with Gasteiger partial charge in [-0.3, -0.25) is 14.2 Å². The van der Waals surface area contributed by atoms with Gasteiger partial charge in [0.25, 0.3) is 5.91 Å². The molecule has 118 valence electrons. The molecule has 0 saturated carbocycles. The molecule has 0 aliphatic rings. The summed E-state index contributed by atoms with van der Waals surface area (Å²) in [5, 5.41) is 17.6. The van der Waals surface area contributed by atoms with Crippen LogP contribution in [0.15, 0.2) is 12.4 Å². The smallest absolute Gasteiger partial charge is 0.354 e. The second-order valence-electron chi connectivity index (χ2n) is 4.75. The minimum absolute atomic E-state index is 0.0381. The molecule has 2 rings (SSSR count). The number of aromatic carboxylic acids is 1. The van der Waals surface area contributed by atoms with Crippen molar-refractivity contribution in [1.29, 1.82) is 0 Å². The van der Waals surface area contributed by atoms with Crippen molar-refractivity contribution in [2.75, 3.05) is 7.05 Å². The van der Waals surface area contributed by atoms with E-state index < -0.39 is 11.9 Å². The normalized spacial score (nSPS) is 10.7. The second kappa shape index (κ2) is 6.18. The Kier molecular flexibility index (Phi) is 4.51. The van der Waals surface area contributed by atoms with Crippen molar-refractivity contribution in [2.24, 2.45) is 7.05 Å². The van der Waals surface area contributed by atoms with Gasteiger partial charge in [-0.05, 0) is 6.92 Å². The Morgan fingerprint density at radius 2 is 2.05 bits per heavy atom. The molecule has 0 aliphatic carbocycles. The molecule has 2 aromatic heterocycles. The molecule has 0 fully saturated rings. The van der Waals surface area contributed by atoms with Crippen LogP contribution in [-0.4, -0.2) is 48.5 Å². The monoisotopic (exact) mass is 325 g/mol. The van der Waals surface area contributed by atoms with Crippen LogP contribution in [-0.2, 0) is 20.1 Å². The number of nitrogens with zero attached hydrogens (tertiary/aromatic N) is 5. The second-order valence-corrected chi connectivity index (χ2v) is 5.16. The van der Waals surface area contributed by atoms with Crippen LogP contribution in [0.25, 0.3) is 0 Å². The van der Waals surface area contributed by atoms with Crippen molar-refractivity contribution in [3.63, 3.8) is 0 Å². The van der Waals surface area contributed by atoms with Crippen molar-refractivity contribution in [3.05, 3.63) is 34.4 Å². The van der Waals surface area contributed by atoms with Gasteiger partial charge in [0.15, 0.2) is 5.69 Å². The molecule has 2 aromatic rings. The first kappa shape index (κ1) is 16.0. The van der Waals surface area contributed by atoms with Gasteiger partial charge in [0, 0.05) is 20.6 Å². The topological polar surface area (TPSA) is 93.3 Å². The molecule has 2 heterocycles. The van der Waals surface area contributed by atoms with E-state index in [0.717, 1.165) is 4.68 Å². The Bertz CT molecular complexity index is 721. The van der Waals surface area contributed by atoms with E-state index in [1.54, 1.807) is 11.7 Å². The van der Waals surface area contributed by atoms with Crippen LogP contribution in [0.5, 0.6) is 0 Å². The van der Waals surface area contributed by atoms with Crippen molar-refractivity contribution >= 4 is 23.5 Å². The summed E-state index contributed by atoms with van der Waals surface area (Å²) < 4.78 is 2.85. The maximum Gasteiger partial charge on any atom is 0.354 e. The summed E-state index contributed by atoms with van der Waals surface area (Å²) in [7, 11) is 3.05. The van der Waals surface area contributed by atoms with E-state index in [2.05, 4.69) is 10.2 Å². The molecular formula is C13H16ClN5O3. The summed E-state index contributed by atoms with van der Waals surface area (Å²) in [6.45, 7) is 2.76. The predicted octanol–water partition coefficient (Wildman–Crippen LogP) is 1.26. The van der Waals surface area contributed by atoms with Gasteiger partial charge in [0.1, 0.15) is 0 Å². The van der Waals surface area contributed by atoms with Gasteiger partial charge in [0.2, 0.25) is 0 Å². The Balaban J connectivity index is 2.27. The number of carboxylic acids is 1. The first-order valence-corrected chi connectivity index (χ1v) is 6.95. The van der Waals surface area contributed by atoms with E-state index in [4.69, 9.17) is 11.6 Å². The molecule has 0 radical (unpaired) electrons. The third-order valence-corrected chi connectivity index (χ3v) is 3.62. The van der Waals surface area contributed by atoms with E-state index in [1.165, 1.54) is 24.3 Å². The van der Waals surface area contributed by atoms with Crippen molar-refractivity contribution in [2.45, 2.75) is 20.0 Å². The lowest BCUT2D eigenvalue weighted by Gasteiger charge is -2.17. The Labute approximate surface area is 131 Å². The van der Waals surface area contributed by atoms with Gasteiger partial charge in [-0.25, -0.2) is 4.79 Å². The number of hydrogen-bond donors (Lipinski definition) is 1. The molecule has 22 heavy (non-hydrogen) atoms. The van der Waals surface area contributed by atoms with Gasteiger partial charge >= 0.3 is 5.97 Å². The summed E-state index contributed by atoms with van der Waals surface area (Å²) in [6, 6.07) is 0. The minimum atomic E-state index is -1.20. The number of carboxylic acid groups (broad SMARTS) is 1. The van der Waals surface area contributed by atoms with Crippen LogP contribution in [0.1, 0.15) is 33.5 Å². The molecule has 9 heteroatoms. The molecule has 0 aliphatic heterocycles. The Morgan fingerprint density at radius 1 is 1.36 bits per heavy atom. The van der Waals surface area contributed by atoms with Crippen molar-refractivity contribution < 1.29 is 14.7 Å². The van der Waals surface area contributed by atoms with E-state index >= 15 is 0 Å². The van der Waals surface area contributed by atoms with Crippen molar-refractivity contribution in [3.8, 4) is 0 Å². The summed E-state index contributed by atoms with van der Waals surface area (Å²) in [5.41, 5.74) is 0.587. The van der Waals surface area contributed by atoms with Crippen LogP contribution in [0, 0.1) is 0 Å². The minimum Gasteiger partial charge on any atom is -0.477 e. The molecular weight excluding hydrogens is 310 g/mol. The maximum atomic E-state index is 12.5. The zero-order chi connectivity index (χ0) is 16.4. The summed E-state index contributed by atoms with van der Waals surface area (Å²) in [4.78, 5) is 25.1. The molecule has 1 N–H and O–H groups in total. The number of rotatable bonds is 5. The first-order valence-electron chi connectivity index (χ1n) is 6.57. The number of hydrogen-bond acceptors (Lipinski definition) is 4. The maximum absolute atomic E-state index is 12.5. The number of aryl methyl sites for hydroxylation is 2. The molecule has 0 bridgehead atoms. The van der Waals surface area contributed by atoms with Gasteiger partial charge in [0.05, 0.1) is 35.2 Å². The van der Waals surface area contributed by atoms with E-state index in [9.17, 15) is 14.7 Å². The number of amides is 1. The predicted molar refractivity (Wildman–Crippen MR) is 78.9 cm³/mol. The molecule has 0 saturated heterocycles. The van der Waals surface area contributed by atoms with Gasteiger partial charge < -0.3 is 10.0 Å². The first-order chi connectivity index (χ1) is 10.4. The van der Waals surface area contributed by atoms with Crippen LogP contribution < -0.4 is 0 Å². The molecule has 0 aromatic carbocycles. The van der Waals surface area contributed by atoms with E-state index in [-0.39, 0.29) is 17.8 Å². The lowest BCUT2D eigenvalue weighted by molar-refractivity contribution is 0.0669. The molecule has 8 nitrogen and oxygen atoms in total.